The summed E-state index contributed by atoms with van der Waals surface area (Å²) in [5, 5.41) is 3.14. The Labute approximate surface area is 96.0 Å². The van der Waals surface area contributed by atoms with Crippen molar-refractivity contribution in [1.29, 1.82) is 0 Å². The second-order valence-electron chi connectivity index (χ2n) is 4.19. The van der Waals surface area contributed by atoms with Crippen molar-refractivity contribution in [3.8, 4) is 0 Å². The lowest BCUT2D eigenvalue weighted by Crippen LogP contribution is -2.40. The van der Waals surface area contributed by atoms with E-state index < -0.39 is 5.60 Å². The fourth-order valence-electron chi connectivity index (χ4n) is 1.96. The van der Waals surface area contributed by atoms with E-state index >= 15 is 0 Å². The van der Waals surface area contributed by atoms with Gasteiger partial charge in [0.25, 0.3) is 0 Å². The molecule has 1 N–H and O–H groups in total. The van der Waals surface area contributed by atoms with E-state index in [-0.39, 0.29) is 11.9 Å². The summed E-state index contributed by atoms with van der Waals surface area (Å²) in [5.74, 6) is -0.329. The molecule has 0 aliphatic rings. The second-order valence-corrected chi connectivity index (χ2v) is 4.19. The summed E-state index contributed by atoms with van der Waals surface area (Å²) < 4.78 is 18.8. The fourth-order valence-corrected chi connectivity index (χ4v) is 1.96. The van der Waals surface area contributed by atoms with E-state index in [0.717, 1.165) is 5.56 Å². The van der Waals surface area contributed by atoms with Gasteiger partial charge in [-0.15, -0.1) is 0 Å². The van der Waals surface area contributed by atoms with Gasteiger partial charge in [0.1, 0.15) is 5.82 Å². The van der Waals surface area contributed by atoms with Gasteiger partial charge in [0, 0.05) is 12.8 Å². The van der Waals surface area contributed by atoms with Gasteiger partial charge in [0.2, 0.25) is 0 Å². The van der Waals surface area contributed by atoms with Crippen LogP contribution >= 0.6 is 0 Å². The highest BCUT2D eigenvalue weighted by atomic mass is 19.1. The smallest absolute Gasteiger partial charge is 0.141 e. The van der Waals surface area contributed by atoms with Crippen molar-refractivity contribution in [2.45, 2.75) is 32.4 Å². The van der Waals surface area contributed by atoms with Gasteiger partial charge in [-0.25, -0.2) is 4.39 Å². The Bertz CT molecular complexity index is 342. The van der Waals surface area contributed by atoms with E-state index in [0.29, 0.717) is 6.61 Å². The maximum absolute atomic E-state index is 13.1. The molecule has 0 spiro atoms. The fraction of sp³-hybridized carbons (Fsp3) is 0.583. The lowest BCUT2D eigenvalue weighted by Gasteiger charge is -2.34. The highest BCUT2D eigenvalue weighted by molar-refractivity contribution is 5.18. The van der Waals surface area contributed by atoms with Crippen molar-refractivity contribution in [3.63, 3.8) is 0 Å². The first kappa shape index (κ1) is 13.1. The van der Waals surface area contributed by atoms with E-state index in [1.54, 1.807) is 6.20 Å². The van der Waals surface area contributed by atoms with Crippen LogP contribution in [0.2, 0.25) is 0 Å². The number of nitrogens with zero attached hydrogens (tertiary/aromatic N) is 1. The first-order valence-electron chi connectivity index (χ1n) is 5.43. The molecule has 1 atom stereocenters. The van der Waals surface area contributed by atoms with Gasteiger partial charge in [0.15, 0.2) is 0 Å². The molecule has 0 fully saturated rings. The van der Waals surface area contributed by atoms with Gasteiger partial charge in [-0.05, 0) is 39.4 Å². The maximum atomic E-state index is 13.1. The number of aromatic nitrogens is 1. The van der Waals surface area contributed by atoms with Crippen LogP contribution in [-0.4, -0.2) is 24.2 Å². The van der Waals surface area contributed by atoms with Gasteiger partial charge in [-0.2, -0.15) is 0 Å². The minimum Gasteiger partial charge on any atom is -0.374 e. The molecule has 4 heteroatoms. The van der Waals surface area contributed by atoms with Gasteiger partial charge >= 0.3 is 0 Å². The molecule has 90 valence electrons. The van der Waals surface area contributed by atoms with Crippen molar-refractivity contribution in [1.82, 2.24) is 10.3 Å². The molecule has 16 heavy (non-hydrogen) atoms. The third-order valence-corrected chi connectivity index (χ3v) is 2.56. The van der Waals surface area contributed by atoms with Crippen LogP contribution in [-0.2, 0) is 4.74 Å². The quantitative estimate of drug-likeness (QED) is 0.836. The third-order valence-electron chi connectivity index (χ3n) is 2.56. The van der Waals surface area contributed by atoms with Crippen LogP contribution < -0.4 is 5.32 Å². The summed E-state index contributed by atoms with van der Waals surface area (Å²) in [6.07, 6.45) is 2.86. The van der Waals surface area contributed by atoms with E-state index in [9.17, 15) is 4.39 Å². The Morgan fingerprint density at radius 3 is 2.69 bits per heavy atom. The number of hydrogen-bond donors (Lipinski definition) is 1. The van der Waals surface area contributed by atoms with Crippen LogP contribution in [0.15, 0.2) is 18.5 Å². The van der Waals surface area contributed by atoms with E-state index in [1.807, 2.05) is 27.8 Å². The van der Waals surface area contributed by atoms with Gasteiger partial charge in [-0.1, -0.05) is 0 Å². The van der Waals surface area contributed by atoms with Crippen molar-refractivity contribution in [2.24, 2.45) is 0 Å². The Morgan fingerprint density at radius 1 is 1.50 bits per heavy atom. The van der Waals surface area contributed by atoms with E-state index in [2.05, 4.69) is 10.3 Å². The summed E-state index contributed by atoms with van der Waals surface area (Å²) in [6, 6.07) is 1.39. The molecule has 0 aromatic carbocycles. The second kappa shape index (κ2) is 5.37. The van der Waals surface area contributed by atoms with Crippen molar-refractivity contribution >= 4 is 0 Å². The van der Waals surface area contributed by atoms with Crippen LogP contribution in [0.25, 0.3) is 0 Å². The summed E-state index contributed by atoms with van der Waals surface area (Å²) in [4.78, 5) is 3.86. The average Bonchev–Trinajstić information content (AvgIpc) is 2.18. The molecular weight excluding hydrogens is 207 g/mol. The minimum absolute atomic E-state index is 0.0874. The molecule has 1 rings (SSSR count). The number of hydrogen-bond acceptors (Lipinski definition) is 3. The summed E-state index contributed by atoms with van der Waals surface area (Å²) >= 11 is 0. The van der Waals surface area contributed by atoms with Crippen LogP contribution in [0.4, 0.5) is 4.39 Å². The van der Waals surface area contributed by atoms with Crippen LogP contribution in [0.3, 0.4) is 0 Å². The monoisotopic (exact) mass is 226 g/mol. The molecule has 1 aromatic heterocycles. The molecule has 0 aliphatic carbocycles. The Kier molecular flexibility index (Phi) is 4.38. The largest absolute Gasteiger partial charge is 0.374 e. The number of ether oxygens (including phenoxy) is 1. The maximum Gasteiger partial charge on any atom is 0.141 e. The molecule has 3 nitrogen and oxygen atoms in total. The molecule has 0 aliphatic heterocycles. The predicted octanol–water partition coefficient (Wildman–Crippen LogP) is 2.30. The molecule has 0 radical (unpaired) electrons. The molecule has 0 saturated carbocycles. The zero-order valence-corrected chi connectivity index (χ0v) is 10.2. The van der Waals surface area contributed by atoms with Gasteiger partial charge in [0.05, 0.1) is 17.8 Å². The molecule has 0 bridgehead atoms. The van der Waals surface area contributed by atoms with Gasteiger partial charge < -0.3 is 10.1 Å². The molecule has 0 amide bonds. The zero-order chi connectivity index (χ0) is 12.2. The zero-order valence-electron chi connectivity index (χ0n) is 10.2. The van der Waals surface area contributed by atoms with Crippen molar-refractivity contribution in [2.75, 3.05) is 13.7 Å². The first-order chi connectivity index (χ1) is 7.51. The SMILES string of the molecule is CCOC(C)(C)C(NC)c1cncc(F)c1. The van der Waals surface area contributed by atoms with Gasteiger partial charge in [-0.3, -0.25) is 4.98 Å². The standard InChI is InChI=1S/C12H19FN2O/c1-5-16-12(2,3)11(14-4)9-6-10(13)8-15-7-9/h6-8,11,14H,5H2,1-4H3. The van der Waals surface area contributed by atoms with Crippen LogP contribution in [0, 0.1) is 5.82 Å². The van der Waals surface area contributed by atoms with Crippen molar-refractivity contribution in [3.05, 3.63) is 29.8 Å². The van der Waals surface area contributed by atoms with Crippen LogP contribution in [0.5, 0.6) is 0 Å². The van der Waals surface area contributed by atoms with E-state index in [4.69, 9.17) is 4.74 Å². The van der Waals surface area contributed by atoms with Crippen molar-refractivity contribution < 1.29 is 9.13 Å². The molecular formula is C12H19FN2O. The molecule has 1 heterocycles. The first-order valence-corrected chi connectivity index (χ1v) is 5.43. The lowest BCUT2D eigenvalue weighted by molar-refractivity contribution is -0.0376. The topological polar surface area (TPSA) is 34.1 Å². The Morgan fingerprint density at radius 2 is 2.19 bits per heavy atom. The number of pyridine rings is 1. The minimum atomic E-state index is -0.404. The number of halogens is 1. The normalized spacial score (nSPS) is 13.8. The number of rotatable bonds is 5. The highest BCUT2D eigenvalue weighted by Crippen LogP contribution is 2.28. The number of nitrogens with one attached hydrogen (secondary N) is 1. The molecule has 0 saturated heterocycles. The van der Waals surface area contributed by atoms with E-state index in [1.165, 1.54) is 12.3 Å². The summed E-state index contributed by atoms with van der Waals surface area (Å²) in [6.45, 7) is 6.51. The van der Waals surface area contributed by atoms with Crippen LogP contribution in [0.1, 0.15) is 32.4 Å². The summed E-state index contributed by atoms with van der Waals surface area (Å²) in [7, 11) is 1.83. The summed E-state index contributed by atoms with van der Waals surface area (Å²) in [5.41, 5.74) is 0.389. The molecule has 1 aromatic rings. The Hall–Kier alpha value is -1.00. The highest BCUT2D eigenvalue weighted by Gasteiger charge is 2.30. The lowest BCUT2D eigenvalue weighted by atomic mass is 9.92. The Balaban J connectivity index is 2.98. The average molecular weight is 226 g/mol. The third kappa shape index (κ3) is 3.00. The molecule has 1 unspecified atom stereocenters. The predicted molar refractivity (Wildman–Crippen MR) is 61.7 cm³/mol. The number of likely N-dealkylation sites (N-methyl/N-ethyl adjacent to an activating group) is 1.